The van der Waals surface area contributed by atoms with Crippen LogP contribution in [0.25, 0.3) is 32.5 Å². The summed E-state index contributed by atoms with van der Waals surface area (Å²) in [6, 6.07) is 10.5. The third kappa shape index (κ3) is 2.89. The minimum absolute atomic E-state index is 0.0799. The highest BCUT2D eigenvalue weighted by Gasteiger charge is 2.31. The Morgan fingerprint density at radius 3 is 3.00 bits per heavy atom. The van der Waals surface area contributed by atoms with Crippen LogP contribution in [0.15, 0.2) is 51.9 Å². The predicted molar refractivity (Wildman–Crippen MR) is 115 cm³/mol. The first-order valence-electron chi connectivity index (χ1n) is 9.38. The molecule has 9 heteroatoms. The lowest BCUT2D eigenvalue weighted by Crippen LogP contribution is -2.09. The van der Waals surface area contributed by atoms with Gasteiger partial charge < -0.3 is 9.97 Å². The summed E-state index contributed by atoms with van der Waals surface area (Å²) in [7, 11) is 0. The van der Waals surface area contributed by atoms with E-state index in [9.17, 15) is 4.79 Å². The standard InChI is InChI=1S/C20H16N6OS2/c27-19-17-15(7-8-28-17)22-16(23-19)10-29-20-25-24-18(26(20)11-5-6-11)13-9-21-14-4-2-1-3-12(13)14/h1-4,7-9,11,21H,5-6,10H2,(H,22,23,27). The molecule has 7 nitrogen and oxygen atoms in total. The van der Waals surface area contributed by atoms with E-state index >= 15 is 0 Å². The molecule has 1 saturated carbocycles. The van der Waals surface area contributed by atoms with Gasteiger partial charge >= 0.3 is 0 Å². The SMILES string of the molecule is O=c1[nH]c(CSc2nnc(-c3c[nH]c4ccccc34)n2C2CC2)nc2ccsc12. The van der Waals surface area contributed by atoms with Gasteiger partial charge in [-0.05, 0) is 30.4 Å². The molecule has 2 N–H and O–H groups in total. The maximum atomic E-state index is 12.2. The van der Waals surface area contributed by atoms with Crippen molar-refractivity contribution in [3.8, 4) is 11.4 Å². The lowest BCUT2D eigenvalue weighted by atomic mass is 10.1. The number of H-pyrrole nitrogens is 2. The van der Waals surface area contributed by atoms with Gasteiger partial charge in [0.1, 0.15) is 10.5 Å². The topological polar surface area (TPSA) is 92.3 Å². The molecule has 0 radical (unpaired) electrons. The number of hydrogen-bond acceptors (Lipinski definition) is 6. The summed E-state index contributed by atoms with van der Waals surface area (Å²) in [5, 5.41) is 12.9. The van der Waals surface area contributed by atoms with E-state index in [1.807, 2.05) is 29.8 Å². The van der Waals surface area contributed by atoms with Crippen LogP contribution in [0.5, 0.6) is 0 Å². The van der Waals surface area contributed by atoms with E-state index in [0.29, 0.717) is 22.3 Å². The smallest absolute Gasteiger partial charge is 0.268 e. The van der Waals surface area contributed by atoms with Crippen LogP contribution in [-0.4, -0.2) is 29.7 Å². The number of rotatable bonds is 5. The number of nitrogens with zero attached hydrogens (tertiary/aromatic N) is 4. The summed E-state index contributed by atoms with van der Waals surface area (Å²) in [5.41, 5.74) is 2.83. The molecule has 0 spiro atoms. The van der Waals surface area contributed by atoms with Gasteiger partial charge in [-0.15, -0.1) is 21.5 Å². The predicted octanol–water partition coefficient (Wildman–Crippen LogP) is 4.35. The Morgan fingerprint density at radius 2 is 2.10 bits per heavy atom. The Balaban J connectivity index is 1.36. The maximum Gasteiger partial charge on any atom is 0.268 e. The molecule has 1 aliphatic carbocycles. The Labute approximate surface area is 173 Å². The van der Waals surface area contributed by atoms with Gasteiger partial charge in [0.05, 0.1) is 11.3 Å². The van der Waals surface area contributed by atoms with Gasteiger partial charge in [0.25, 0.3) is 5.56 Å². The molecular formula is C20H16N6OS2. The van der Waals surface area contributed by atoms with Crippen molar-refractivity contribution in [1.29, 1.82) is 0 Å². The number of hydrogen-bond donors (Lipinski definition) is 2. The van der Waals surface area contributed by atoms with Crippen LogP contribution in [0.2, 0.25) is 0 Å². The molecule has 4 heterocycles. The molecule has 0 bridgehead atoms. The number of fused-ring (bicyclic) bond motifs is 2. The largest absolute Gasteiger partial charge is 0.360 e. The third-order valence-electron chi connectivity index (χ3n) is 5.11. The van der Waals surface area contributed by atoms with E-state index < -0.39 is 0 Å². The monoisotopic (exact) mass is 420 g/mol. The molecule has 29 heavy (non-hydrogen) atoms. The Morgan fingerprint density at radius 1 is 1.21 bits per heavy atom. The second kappa shape index (κ2) is 6.57. The molecule has 4 aromatic heterocycles. The van der Waals surface area contributed by atoms with E-state index in [1.54, 1.807) is 11.8 Å². The Kier molecular flexibility index (Phi) is 3.85. The molecule has 0 saturated heterocycles. The van der Waals surface area contributed by atoms with Crippen molar-refractivity contribution in [3.05, 3.63) is 58.1 Å². The molecule has 0 unspecified atom stereocenters. The van der Waals surface area contributed by atoms with Gasteiger partial charge in [-0.2, -0.15) is 0 Å². The van der Waals surface area contributed by atoms with Crippen molar-refractivity contribution >= 4 is 44.2 Å². The van der Waals surface area contributed by atoms with E-state index in [0.717, 1.165) is 45.8 Å². The number of thiophene rings is 1. The van der Waals surface area contributed by atoms with Crippen molar-refractivity contribution in [2.45, 2.75) is 29.8 Å². The number of aromatic nitrogens is 6. The summed E-state index contributed by atoms with van der Waals surface area (Å²) in [6.45, 7) is 0. The van der Waals surface area contributed by atoms with Gasteiger partial charge in [0, 0.05) is 28.7 Å². The molecule has 144 valence electrons. The highest BCUT2D eigenvalue weighted by molar-refractivity contribution is 7.98. The quantitative estimate of drug-likeness (QED) is 0.412. The number of para-hydroxylation sites is 1. The zero-order valence-electron chi connectivity index (χ0n) is 15.3. The number of nitrogens with one attached hydrogen (secondary N) is 2. The second-order valence-electron chi connectivity index (χ2n) is 7.09. The average Bonchev–Trinajstić information content (AvgIpc) is 3.15. The second-order valence-corrected chi connectivity index (χ2v) is 8.95. The summed E-state index contributed by atoms with van der Waals surface area (Å²) < 4.78 is 2.91. The van der Waals surface area contributed by atoms with Gasteiger partial charge in [-0.1, -0.05) is 30.0 Å². The zero-order chi connectivity index (χ0) is 19.4. The van der Waals surface area contributed by atoms with E-state index in [4.69, 9.17) is 0 Å². The zero-order valence-corrected chi connectivity index (χ0v) is 16.9. The molecule has 0 atom stereocenters. The summed E-state index contributed by atoms with van der Waals surface area (Å²) in [5.74, 6) is 2.09. The molecular weight excluding hydrogens is 404 g/mol. The molecule has 0 amide bonds. The molecule has 6 rings (SSSR count). The first-order valence-corrected chi connectivity index (χ1v) is 11.2. The van der Waals surface area contributed by atoms with Crippen LogP contribution in [0.4, 0.5) is 0 Å². The van der Waals surface area contributed by atoms with Crippen molar-refractivity contribution in [1.82, 2.24) is 29.7 Å². The maximum absolute atomic E-state index is 12.2. The molecule has 1 fully saturated rings. The summed E-state index contributed by atoms with van der Waals surface area (Å²) in [6.07, 6.45) is 4.28. The first-order chi connectivity index (χ1) is 14.3. The number of aromatic amines is 2. The van der Waals surface area contributed by atoms with Crippen molar-refractivity contribution in [3.63, 3.8) is 0 Å². The van der Waals surface area contributed by atoms with E-state index in [-0.39, 0.29) is 5.56 Å². The minimum atomic E-state index is -0.0799. The fourth-order valence-corrected chi connectivity index (χ4v) is 5.20. The highest BCUT2D eigenvalue weighted by atomic mass is 32.2. The van der Waals surface area contributed by atoms with Crippen molar-refractivity contribution in [2.24, 2.45) is 0 Å². The van der Waals surface area contributed by atoms with E-state index in [1.165, 1.54) is 11.3 Å². The average molecular weight is 421 g/mol. The van der Waals surface area contributed by atoms with Crippen LogP contribution in [0, 0.1) is 0 Å². The molecule has 1 aliphatic rings. The van der Waals surface area contributed by atoms with Gasteiger partial charge in [0.15, 0.2) is 11.0 Å². The van der Waals surface area contributed by atoms with Crippen LogP contribution < -0.4 is 5.56 Å². The van der Waals surface area contributed by atoms with Crippen LogP contribution >= 0.6 is 23.1 Å². The van der Waals surface area contributed by atoms with Gasteiger partial charge in [0.2, 0.25) is 0 Å². The fourth-order valence-electron chi connectivity index (χ4n) is 3.60. The minimum Gasteiger partial charge on any atom is -0.360 e. The molecule has 1 aromatic carbocycles. The van der Waals surface area contributed by atoms with Crippen LogP contribution in [-0.2, 0) is 5.75 Å². The normalized spacial score (nSPS) is 14.2. The number of thioether (sulfide) groups is 1. The van der Waals surface area contributed by atoms with Crippen molar-refractivity contribution in [2.75, 3.05) is 0 Å². The molecule has 5 aromatic rings. The van der Waals surface area contributed by atoms with Crippen LogP contribution in [0.1, 0.15) is 24.7 Å². The lowest BCUT2D eigenvalue weighted by Gasteiger charge is -2.08. The highest BCUT2D eigenvalue weighted by Crippen LogP contribution is 2.42. The fraction of sp³-hybridized carbons (Fsp3) is 0.200. The summed E-state index contributed by atoms with van der Waals surface area (Å²) >= 11 is 2.97. The van der Waals surface area contributed by atoms with E-state index in [2.05, 4.69) is 41.8 Å². The van der Waals surface area contributed by atoms with Crippen LogP contribution in [0.3, 0.4) is 0 Å². The third-order valence-corrected chi connectivity index (χ3v) is 6.97. The summed E-state index contributed by atoms with van der Waals surface area (Å²) in [4.78, 5) is 23.0. The van der Waals surface area contributed by atoms with Gasteiger partial charge in [-0.25, -0.2) is 4.98 Å². The van der Waals surface area contributed by atoms with Crippen molar-refractivity contribution < 1.29 is 0 Å². The Hall–Kier alpha value is -2.91. The number of benzene rings is 1. The van der Waals surface area contributed by atoms with Gasteiger partial charge in [-0.3, -0.25) is 9.36 Å². The first kappa shape index (κ1) is 17.0. The molecule has 0 aliphatic heterocycles. The lowest BCUT2D eigenvalue weighted by molar-refractivity contribution is 0.669. The Bertz CT molecular complexity index is 1410.